The van der Waals surface area contributed by atoms with E-state index in [1.54, 1.807) is 6.21 Å². The fourth-order valence-corrected chi connectivity index (χ4v) is 2.41. The van der Waals surface area contributed by atoms with Crippen molar-refractivity contribution in [2.45, 2.75) is 6.92 Å². The number of benzene rings is 2. The Bertz CT molecular complexity index is 835. The summed E-state index contributed by atoms with van der Waals surface area (Å²) in [6.07, 6.45) is 3.68. The number of thiocarbonyl (C=S) groups is 1. The van der Waals surface area contributed by atoms with Crippen molar-refractivity contribution in [3.63, 3.8) is 0 Å². The van der Waals surface area contributed by atoms with E-state index in [9.17, 15) is 0 Å². The molecule has 22 heavy (non-hydrogen) atoms. The Balaban J connectivity index is 1.63. The van der Waals surface area contributed by atoms with Gasteiger partial charge in [0.05, 0.1) is 6.21 Å². The van der Waals surface area contributed by atoms with Crippen LogP contribution in [0.2, 0.25) is 0 Å². The Kier molecular flexibility index (Phi) is 4.16. The number of para-hydroxylation sites is 1. The Labute approximate surface area is 134 Å². The fourth-order valence-electron chi connectivity index (χ4n) is 2.24. The Morgan fingerprint density at radius 2 is 2.05 bits per heavy atom. The number of aromatic nitrogens is 1. The van der Waals surface area contributed by atoms with E-state index in [4.69, 9.17) is 12.2 Å². The van der Waals surface area contributed by atoms with E-state index in [0.29, 0.717) is 5.11 Å². The zero-order chi connectivity index (χ0) is 15.4. The normalized spacial score (nSPS) is 11.0. The molecule has 0 bridgehead atoms. The molecule has 3 aromatic rings. The number of hydrazone groups is 1. The van der Waals surface area contributed by atoms with E-state index in [2.05, 4.69) is 26.9 Å². The number of H-pyrrole nitrogens is 1. The third-order valence-corrected chi connectivity index (χ3v) is 3.46. The Hall–Kier alpha value is -2.66. The smallest absolute Gasteiger partial charge is 0.191 e. The van der Waals surface area contributed by atoms with Crippen LogP contribution in [0.25, 0.3) is 10.9 Å². The number of nitrogens with zero attached hydrogens (tertiary/aromatic N) is 1. The molecule has 0 fully saturated rings. The van der Waals surface area contributed by atoms with Crippen LogP contribution < -0.4 is 10.7 Å². The molecular formula is C17H16N4S. The first kappa shape index (κ1) is 14.3. The summed E-state index contributed by atoms with van der Waals surface area (Å²) < 4.78 is 0. The van der Waals surface area contributed by atoms with E-state index in [1.807, 2.05) is 55.6 Å². The molecule has 0 aliphatic rings. The monoisotopic (exact) mass is 308 g/mol. The summed E-state index contributed by atoms with van der Waals surface area (Å²) >= 11 is 5.23. The number of aromatic amines is 1. The molecule has 0 atom stereocenters. The van der Waals surface area contributed by atoms with Crippen molar-refractivity contribution in [1.82, 2.24) is 10.4 Å². The maximum atomic E-state index is 5.23. The molecule has 3 rings (SSSR count). The van der Waals surface area contributed by atoms with Crippen molar-refractivity contribution >= 4 is 40.1 Å². The van der Waals surface area contributed by atoms with Gasteiger partial charge in [0, 0.05) is 28.4 Å². The zero-order valence-corrected chi connectivity index (χ0v) is 12.9. The minimum atomic E-state index is 0.460. The minimum absolute atomic E-state index is 0.460. The van der Waals surface area contributed by atoms with Crippen LogP contribution in [0.15, 0.2) is 59.8 Å². The Morgan fingerprint density at radius 3 is 2.91 bits per heavy atom. The van der Waals surface area contributed by atoms with Gasteiger partial charge in [0.15, 0.2) is 5.11 Å². The number of aryl methyl sites for hydroxylation is 1. The fraction of sp³-hybridized carbons (Fsp3) is 0.0588. The summed E-state index contributed by atoms with van der Waals surface area (Å²) in [5.74, 6) is 0. The number of hydrogen-bond acceptors (Lipinski definition) is 2. The predicted molar refractivity (Wildman–Crippen MR) is 96.4 cm³/mol. The highest BCUT2D eigenvalue weighted by Gasteiger charge is 2.00. The van der Waals surface area contributed by atoms with E-state index < -0.39 is 0 Å². The summed E-state index contributed by atoms with van der Waals surface area (Å²) in [7, 11) is 0. The van der Waals surface area contributed by atoms with Gasteiger partial charge < -0.3 is 10.3 Å². The lowest BCUT2D eigenvalue weighted by Gasteiger charge is -2.07. The third kappa shape index (κ3) is 3.32. The molecule has 0 aliphatic carbocycles. The van der Waals surface area contributed by atoms with Crippen molar-refractivity contribution in [3.05, 3.63) is 65.9 Å². The topological polar surface area (TPSA) is 52.2 Å². The van der Waals surface area contributed by atoms with Gasteiger partial charge in [-0.25, -0.2) is 0 Å². The van der Waals surface area contributed by atoms with Crippen LogP contribution in [-0.4, -0.2) is 16.3 Å². The first-order chi connectivity index (χ1) is 10.7. The summed E-state index contributed by atoms with van der Waals surface area (Å²) in [6.45, 7) is 2.04. The van der Waals surface area contributed by atoms with Crippen LogP contribution in [0, 0.1) is 6.92 Å². The average Bonchev–Trinajstić information content (AvgIpc) is 2.91. The van der Waals surface area contributed by atoms with Crippen molar-refractivity contribution in [2.24, 2.45) is 5.10 Å². The second kappa shape index (κ2) is 6.41. The highest BCUT2D eigenvalue weighted by Crippen LogP contribution is 2.15. The molecule has 0 aliphatic heterocycles. The van der Waals surface area contributed by atoms with E-state index in [0.717, 1.165) is 22.2 Å². The number of hydrogen-bond donors (Lipinski definition) is 3. The molecule has 1 aromatic heterocycles. The second-order valence-electron chi connectivity index (χ2n) is 4.98. The molecule has 110 valence electrons. The van der Waals surface area contributed by atoms with Gasteiger partial charge in [0.25, 0.3) is 0 Å². The van der Waals surface area contributed by atoms with Crippen LogP contribution in [0.4, 0.5) is 5.69 Å². The maximum Gasteiger partial charge on any atom is 0.191 e. The van der Waals surface area contributed by atoms with Crippen LogP contribution >= 0.6 is 12.2 Å². The summed E-state index contributed by atoms with van der Waals surface area (Å²) in [5.41, 5.74) is 7.05. The van der Waals surface area contributed by atoms with Crippen molar-refractivity contribution in [2.75, 3.05) is 5.32 Å². The third-order valence-electron chi connectivity index (χ3n) is 3.27. The summed E-state index contributed by atoms with van der Waals surface area (Å²) in [6, 6.07) is 16.1. The van der Waals surface area contributed by atoms with Gasteiger partial charge in [-0.1, -0.05) is 30.3 Å². The van der Waals surface area contributed by atoms with Gasteiger partial charge in [0.1, 0.15) is 0 Å². The van der Waals surface area contributed by atoms with Crippen molar-refractivity contribution in [3.8, 4) is 0 Å². The number of rotatable bonds is 3. The van der Waals surface area contributed by atoms with E-state index >= 15 is 0 Å². The van der Waals surface area contributed by atoms with Crippen LogP contribution in [0.3, 0.4) is 0 Å². The van der Waals surface area contributed by atoms with Gasteiger partial charge in [0.2, 0.25) is 0 Å². The molecule has 0 saturated carbocycles. The van der Waals surface area contributed by atoms with Gasteiger partial charge in [-0.15, -0.1) is 0 Å². The molecule has 0 amide bonds. The van der Waals surface area contributed by atoms with Crippen molar-refractivity contribution < 1.29 is 0 Å². The van der Waals surface area contributed by atoms with Gasteiger partial charge in [-0.2, -0.15) is 5.10 Å². The summed E-state index contributed by atoms with van der Waals surface area (Å²) in [4.78, 5) is 3.20. The molecule has 4 nitrogen and oxygen atoms in total. The van der Waals surface area contributed by atoms with Gasteiger partial charge in [-0.3, -0.25) is 5.43 Å². The molecule has 0 spiro atoms. The first-order valence-electron chi connectivity index (χ1n) is 6.95. The number of anilines is 1. The van der Waals surface area contributed by atoms with E-state index in [1.165, 1.54) is 5.56 Å². The SMILES string of the molecule is Cc1cccc(NC(=S)N/N=C/c2c[nH]c3ccccc23)c1. The largest absolute Gasteiger partial charge is 0.361 e. The van der Waals surface area contributed by atoms with Crippen LogP contribution in [0.5, 0.6) is 0 Å². The quantitative estimate of drug-likeness (QED) is 0.392. The molecule has 5 heteroatoms. The molecular weight excluding hydrogens is 292 g/mol. The van der Waals surface area contributed by atoms with Crippen LogP contribution in [0.1, 0.15) is 11.1 Å². The lowest BCUT2D eigenvalue weighted by atomic mass is 10.2. The Morgan fingerprint density at radius 1 is 1.18 bits per heavy atom. The predicted octanol–water partition coefficient (Wildman–Crippen LogP) is 3.80. The molecule has 0 radical (unpaired) electrons. The molecule has 0 unspecified atom stereocenters. The molecule has 3 N–H and O–H groups in total. The highest BCUT2D eigenvalue weighted by molar-refractivity contribution is 7.80. The van der Waals surface area contributed by atoms with Gasteiger partial charge in [-0.05, 0) is 42.9 Å². The lowest BCUT2D eigenvalue weighted by molar-refractivity contribution is 1.05. The average molecular weight is 308 g/mol. The van der Waals surface area contributed by atoms with Crippen LogP contribution in [-0.2, 0) is 0 Å². The first-order valence-corrected chi connectivity index (χ1v) is 7.36. The summed E-state index contributed by atoms with van der Waals surface area (Å²) in [5, 5.41) is 8.87. The minimum Gasteiger partial charge on any atom is -0.361 e. The van der Waals surface area contributed by atoms with E-state index in [-0.39, 0.29) is 0 Å². The maximum absolute atomic E-state index is 5.23. The zero-order valence-electron chi connectivity index (χ0n) is 12.1. The standard InChI is InChI=1S/C17H16N4S/c1-12-5-4-6-14(9-12)20-17(22)21-19-11-13-10-18-16-8-3-2-7-15(13)16/h2-11,18H,1H3,(H2,20,21,22)/b19-11+. The number of nitrogens with one attached hydrogen (secondary N) is 3. The number of fused-ring (bicyclic) bond motifs is 1. The second-order valence-corrected chi connectivity index (χ2v) is 5.39. The highest BCUT2D eigenvalue weighted by atomic mass is 32.1. The molecule has 2 aromatic carbocycles. The lowest BCUT2D eigenvalue weighted by Crippen LogP contribution is -2.23. The van der Waals surface area contributed by atoms with Crippen molar-refractivity contribution in [1.29, 1.82) is 0 Å². The molecule has 0 saturated heterocycles. The molecule has 1 heterocycles. The van der Waals surface area contributed by atoms with Gasteiger partial charge >= 0.3 is 0 Å².